The van der Waals surface area contributed by atoms with Gasteiger partial charge in [0.25, 0.3) is 0 Å². The summed E-state index contributed by atoms with van der Waals surface area (Å²) in [6.07, 6.45) is 0. The van der Waals surface area contributed by atoms with Gasteiger partial charge in [0.2, 0.25) is 0 Å². The van der Waals surface area contributed by atoms with Crippen LogP contribution in [0.3, 0.4) is 0 Å². The number of fused-ring (bicyclic) bond motifs is 1. The standard InChI is InChI=1S/C14H10FN3O2/c15-11-4-1-9(2-5-11)8-18-16-12-6-3-10(14(19)20)7-13(12)17-18/h1-7H,8H2,(H,19,20). The summed E-state index contributed by atoms with van der Waals surface area (Å²) < 4.78 is 12.8. The quantitative estimate of drug-likeness (QED) is 0.793. The van der Waals surface area contributed by atoms with E-state index in [9.17, 15) is 9.18 Å². The molecule has 0 saturated carbocycles. The van der Waals surface area contributed by atoms with Gasteiger partial charge in [0, 0.05) is 0 Å². The molecule has 5 nitrogen and oxygen atoms in total. The van der Waals surface area contributed by atoms with Gasteiger partial charge in [-0.25, -0.2) is 9.18 Å². The minimum atomic E-state index is -1.00. The average molecular weight is 271 g/mol. The summed E-state index contributed by atoms with van der Waals surface area (Å²) in [7, 11) is 0. The molecule has 0 radical (unpaired) electrons. The second-order valence-electron chi connectivity index (χ2n) is 4.37. The minimum absolute atomic E-state index is 0.173. The predicted molar refractivity (Wildman–Crippen MR) is 70.0 cm³/mol. The fourth-order valence-electron chi connectivity index (χ4n) is 1.92. The van der Waals surface area contributed by atoms with Gasteiger partial charge >= 0.3 is 5.97 Å². The maximum atomic E-state index is 12.8. The topological polar surface area (TPSA) is 68.0 Å². The number of halogens is 1. The lowest BCUT2D eigenvalue weighted by Crippen LogP contribution is -2.03. The first-order chi connectivity index (χ1) is 9.61. The molecule has 0 aliphatic heterocycles. The van der Waals surface area contributed by atoms with Gasteiger partial charge in [-0.2, -0.15) is 15.0 Å². The highest BCUT2D eigenvalue weighted by Gasteiger charge is 2.08. The van der Waals surface area contributed by atoms with Crippen LogP contribution in [0.2, 0.25) is 0 Å². The van der Waals surface area contributed by atoms with Crippen molar-refractivity contribution >= 4 is 17.0 Å². The van der Waals surface area contributed by atoms with Crippen LogP contribution in [-0.4, -0.2) is 26.1 Å². The van der Waals surface area contributed by atoms with E-state index in [0.29, 0.717) is 17.6 Å². The molecule has 1 aromatic heterocycles. The Hall–Kier alpha value is -2.76. The third-order valence-electron chi connectivity index (χ3n) is 2.91. The average Bonchev–Trinajstić information content (AvgIpc) is 2.82. The van der Waals surface area contributed by atoms with Crippen LogP contribution >= 0.6 is 0 Å². The summed E-state index contributed by atoms with van der Waals surface area (Å²) in [6.45, 7) is 0.400. The van der Waals surface area contributed by atoms with E-state index < -0.39 is 5.97 Å². The molecule has 0 bridgehead atoms. The van der Waals surface area contributed by atoms with Crippen molar-refractivity contribution in [2.24, 2.45) is 0 Å². The van der Waals surface area contributed by atoms with Crippen molar-refractivity contribution in [2.45, 2.75) is 6.54 Å². The van der Waals surface area contributed by atoms with Crippen molar-refractivity contribution in [1.82, 2.24) is 15.0 Å². The van der Waals surface area contributed by atoms with E-state index in [4.69, 9.17) is 5.11 Å². The van der Waals surface area contributed by atoms with Gasteiger partial charge in [-0.3, -0.25) is 0 Å². The van der Waals surface area contributed by atoms with Crippen molar-refractivity contribution in [1.29, 1.82) is 0 Å². The first-order valence-corrected chi connectivity index (χ1v) is 5.94. The number of rotatable bonds is 3. The number of carbonyl (C=O) groups is 1. The normalized spacial score (nSPS) is 10.8. The van der Waals surface area contributed by atoms with E-state index in [-0.39, 0.29) is 11.4 Å². The number of carboxylic acids is 1. The second-order valence-corrected chi connectivity index (χ2v) is 4.37. The Bertz CT molecular complexity index is 781. The van der Waals surface area contributed by atoms with E-state index >= 15 is 0 Å². The van der Waals surface area contributed by atoms with Crippen LogP contribution in [0.15, 0.2) is 42.5 Å². The summed E-state index contributed by atoms with van der Waals surface area (Å²) >= 11 is 0. The molecule has 3 aromatic rings. The summed E-state index contributed by atoms with van der Waals surface area (Å²) in [4.78, 5) is 12.3. The number of aromatic nitrogens is 3. The Balaban J connectivity index is 1.92. The molecule has 0 aliphatic rings. The van der Waals surface area contributed by atoms with Gasteiger partial charge in [0.15, 0.2) is 0 Å². The summed E-state index contributed by atoms with van der Waals surface area (Å²) in [5, 5.41) is 17.4. The maximum absolute atomic E-state index is 12.8. The molecule has 0 unspecified atom stereocenters. The number of benzene rings is 2. The van der Waals surface area contributed by atoms with Crippen molar-refractivity contribution in [3.8, 4) is 0 Å². The monoisotopic (exact) mass is 271 g/mol. The van der Waals surface area contributed by atoms with Crippen LogP contribution in [0.5, 0.6) is 0 Å². The molecule has 6 heteroatoms. The summed E-state index contributed by atoms with van der Waals surface area (Å²) in [6, 6.07) is 10.7. The van der Waals surface area contributed by atoms with Gasteiger partial charge in [0.05, 0.1) is 12.1 Å². The molecular formula is C14H10FN3O2. The van der Waals surface area contributed by atoms with E-state index in [2.05, 4.69) is 10.2 Å². The van der Waals surface area contributed by atoms with Crippen molar-refractivity contribution in [3.63, 3.8) is 0 Å². The number of carboxylic acid groups (broad SMARTS) is 1. The summed E-state index contributed by atoms with van der Waals surface area (Å²) in [5.74, 6) is -1.29. The Morgan fingerprint density at radius 3 is 2.50 bits per heavy atom. The lowest BCUT2D eigenvalue weighted by atomic mass is 10.2. The lowest BCUT2D eigenvalue weighted by molar-refractivity contribution is 0.0697. The van der Waals surface area contributed by atoms with Crippen LogP contribution in [0.4, 0.5) is 4.39 Å². The fourth-order valence-corrected chi connectivity index (χ4v) is 1.92. The van der Waals surface area contributed by atoms with Gasteiger partial charge in [0.1, 0.15) is 16.9 Å². The highest BCUT2D eigenvalue weighted by atomic mass is 19.1. The first-order valence-electron chi connectivity index (χ1n) is 5.94. The highest BCUT2D eigenvalue weighted by Crippen LogP contribution is 2.13. The molecule has 20 heavy (non-hydrogen) atoms. The molecule has 0 fully saturated rings. The SMILES string of the molecule is O=C(O)c1ccc2nn(Cc3ccc(F)cc3)nc2c1. The minimum Gasteiger partial charge on any atom is -0.478 e. The molecule has 1 N–H and O–H groups in total. The third-order valence-corrected chi connectivity index (χ3v) is 2.91. The molecule has 0 aliphatic carbocycles. The van der Waals surface area contributed by atoms with E-state index in [1.807, 2.05) is 0 Å². The smallest absolute Gasteiger partial charge is 0.335 e. The van der Waals surface area contributed by atoms with Gasteiger partial charge in [-0.05, 0) is 35.9 Å². The van der Waals surface area contributed by atoms with E-state index in [0.717, 1.165) is 5.56 Å². The molecule has 0 saturated heterocycles. The molecule has 0 atom stereocenters. The molecule has 0 amide bonds. The molecule has 1 heterocycles. The van der Waals surface area contributed by atoms with Crippen molar-refractivity contribution in [3.05, 3.63) is 59.4 Å². The zero-order valence-electron chi connectivity index (χ0n) is 10.3. The zero-order chi connectivity index (χ0) is 14.1. The molecule has 2 aromatic carbocycles. The van der Waals surface area contributed by atoms with Gasteiger partial charge in [-0.1, -0.05) is 12.1 Å². The Morgan fingerprint density at radius 2 is 1.80 bits per heavy atom. The van der Waals surface area contributed by atoms with Crippen LogP contribution in [0.1, 0.15) is 15.9 Å². The highest BCUT2D eigenvalue weighted by molar-refractivity contribution is 5.91. The number of hydrogen-bond donors (Lipinski definition) is 1. The van der Waals surface area contributed by atoms with Crippen LogP contribution in [0, 0.1) is 5.82 Å². The Kier molecular flexibility index (Phi) is 2.90. The second kappa shape index (κ2) is 4.73. The Labute approximate surface area is 113 Å². The fraction of sp³-hybridized carbons (Fsp3) is 0.0714. The van der Waals surface area contributed by atoms with Crippen LogP contribution in [0.25, 0.3) is 11.0 Å². The molecule has 100 valence electrons. The molecule has 3 rings (SSSR count). The maximum Gasteiger partial charge on any atom is 0.335 e. The third kappa shape index (κ3) is 2.35. The largest absolute Gasteiger partial charge is 0.478 e. The van der Waals surface area contributed by atoms with E-state index in [1.165, 1.54) is 29.1 Å². The zero-order valence-corrected chi connectivity index (χ0v) is 10.3. The van der Waals surface area contributed by atoms with Crippen molar-refractivity contribution < 1.29 is 14.3 Å². The van der Waals surface area contributed by atoms with Crippen molar-refractivity contribution in [2.75, 3.05) is 0 Å². The van der Waals surface area contributed by atoms with Gasteiger partial charge < -0.3 is 5.11 Å². The van der Waals surface area contributed by atoms with Gasteiger partial charge in [-0.15, -0.1) is 0 Å². The number of hydrogen-bond acceptors (Lipinski definition) is 3. The summed E-state index contributed by atoms with van der Waals surface area (Å²) in [5.41, 5.74) is 2.18. The number of nitrogens with zero attached hydrogens (tertiary/aromatic N) is 3. The number of aromatic carboxylic acids is 1. The Morgan fingerprint density at radius 1 is 1.10 bits per heavy atom. The van der Waals surface area contributed by atoms with Crippen LogP contribution < -0.4 is 0 Å². The first kappa shape index (κ1) is 12.3. The lowest BCUT2D eigenvalue weighted by Gasteiger charge is -1.99. The molecular weight excluding hydrogens is 261 g/mol. The predicted octanol–water partition coefficient (Wildman–Crippen LogP) is 2.32. The molecule has 0 spiro atoms. The van der Waals surface area contributed by atoms with Crippen LogP contribution in [-0.2, 0) is 6.54 Å². The van der Waals surface area contributed by atoms with E-state index in [1.54, 1.807) is 18.2 Å².